The number of piperazine rings is 1. The highest BCUT2D eigenvalue weighted by molar-refractivity contribution is 5.85. The number of hydrogen-bond donors (Lipinski definition) is 2. The van der Waals surface area contributed by atoms with E-state index in [1.165, 1.54) is 6.42 Å². The summed E-state index contributed by atoms with van der Waals surface area (Å²) in [5, 5.41) is 6.48. The van der Waals surface area contributed by atoms with Crippen LogP contribution < -0.4 is 10.6 Å². The summed E-state index contributed by atoms with van der Waals surface area (Å²) in [4.78, 5) is 14.7. The predicted molar refractivity (Wildman–Crippen MR) is 78.0 cm³/mol. The first kappa shape index (κ1) is 14.5. The maximum Gasteiger partial charge on any atom is 0.239 e. The molecule has 1 atom stereocenters. The topological polar surface area (TPSA) is 44.4 Å². The summed E-state index contributed by atoms with van der Waals surface area (Å²) in [7, 11) is 0. The van der Waals surface area contributed by atoms with Gasteiger partial charge in [0.25, 0.3) is 0 Å². The fraction of sp³-hybridized carbons (Fsp3) is 0.800. The van der Waals surface area contributed by atoms with Crippen LogP contribution in [-0.4, -0.2) is 49.1 Å². The van der Waals surface area contributed by atoms with Crippen molar-refractivity contribution in [3.05, 3.63) is 12.2 Å². The van der Waals surface area contributed by atoms with E-state index in [1.54, 1.807) is 0 Å². The summed E-state index contributed by atoms with van der Waals surface area (Å²) < 4.78 is 0. The van der Waals surface area contributed by atoms with Gasteiger partial charge in [0.15, 0.2) is 0 Å². The molecule has 1 aliphatic carbocycles. The van der Waals surface area contributed by atoms with Crippen molar-refractivity contribution in [3.8, 4) is 0 Å². The fourth-order valence-corrected chi connectivity index (χ4v) is 2.86. The molecule has 1 heterocycles. The van der Waals surface area contributed by atoms with Crippen LogP contribution in [0.15, 0.2) is 12.2 Å². The van der Waals surface area contributed by atoms with Crippen LogP contribution in [0.1, 0.15) is 33.1 Å². The third-order valence-corrected chi connectivity index (χ3v) is 4.39. The van der Waals surface area contributed by atoms with Gasteiger partial charge in [-0.3, -0.25) is 9.69 Å². The highest BCUT2D eigenvalue weighted by Gasteiger charge is 2.35. The van der Waals surface area contributed by atoms with E-state index in [0.717, 1.165) is 45.6 Å². The third kappa shape index (κ3) is 3.80. The second kappa shape index (κ2) is 6.53. The van der Waals surface area contributed by atoms with E-state index >= 15 is 0 Å². The lowest BCUT2D eigenvalue weighted by atomic mass is 9.93. The Kier molecular flexibility index (Phi) is 4.99. The molecule has 2 rings (SSSR count). The highest BCUT2D eigenvalue weighted by Crippen LogP contribution is 2.19. The van der Waals surface area contributed by atoms with Crippen molar-refractivity contribution in [3.63, 3.8) is 0 Å². The molecule has 1 saturated heterocycles. The van der Waals surface area contributed by atoms with Crippen LogP contribution in [0.3, 0.4) is 0 Å². The largest absolute Gasteiger partial charge is 0.354 e. The number of amides is 1. The zero-order valence-corrected chi connectivity index (χ0v) is 12.2. The van der Waals surface area contributed by atoms with Crippen LogP contribution >= 0.6 is 0 Å². The van der Waals surface area contributed by atoms with Crippen LogP contribution in [-0.2, 0) is 4.79 Å². The molecule has 0 aromatic rings. The monoisotopic (exact) mass is 265 g/mol. The fourth-order valence-electron chi connectivity index (χ4n) is 2.86. The lowest BCUT2D eigenvalue weighted by Gasteiger charge is -2.40. The van der Waals surface area contributed by atoms with Gasteiger partial charge in [-0.2, -0.15) is 0 Å². The van der Waals surface area contributed by atoms with E-state index in [4.69, 9.17) is 0 Å². The van der Waals surface area contributed by atoms with Crippen molar-refractivity contribution >= 4 is 5.91 Å². The van der Waals surface area contributed by atoms with Gasteiger partial charge in [0.1, 0.15) is 0 Å². The number of nitrogens with zero attached hydrogens (tertiary/aromatic N) is 1. The molecule has 19 heavy (non-hydrogen) atoms. The Morgan fingerprint density at radius 3 is 2.74 bits per heavy atom. The van der Waals surface area contributed by atoms with Crippen LogP contribution in [0, 0.1) is 5.92 Å². The molecule has 0 spiro atoms. The van der Waals surface area contributed by atoms with Gasteiger partial charge in [-0.25, -0.2) is 0 Å². The molecular formula is C15H27N3O. The molecule has 2 N–H and O–H groups in total. The number of allylic oxidation sites excluding steroid dienone is 2. The summed E-state index contributed by atoms with van der Waals surface area (Å²) in [5.74, 6) is 0.789. The molecule has 1 aliphatic heterocycles. The maximum absolute atomic E-state index is 12.4. The Labute approximate surface area is 116 Å². The zero-order chi connectivity index (χ0) is 13.7. The van der Waals surface area contributed by atoms with E-state index < -0.39 is 5.54 Å². The molecule has 4 heteroatoms. The van der Waals surface area contributed by atoms with Crippen molar-refractivity contribution in [2.75, 3.05) is 32.7 Å². The number of rotatable bonds is 4. The number of hydrogen-bond acceptors (Lipinski definition) is 3. The van der Waals surface area contributed by atoms with Crippen LogP contribution in [0.25, 0.3) is 0 Å². The lowest BCUT2D eigenvalue weighted by molar-refractivity contribution is -0.132. The first-order valence-corrected chi connectivity index (χ1v) is 7.50. The quantitative estimate of drug-likeness (QED) is 0.749. The first-order valence-electron chi connectivity index (χ1n) is 7.50. The minimum Gasteiger partial charge on any atom is -0.354 e. The SMILES string of the molecule is CC(C)(C(=O)NCC1CC=CCC1)N1CCNCC1. The van der Waals surface area contributed by atoms with Crippen molar-refractivity contribution in [2.24, 2.45) is 5.92 Å². The molecule has 0 aromatic carbocycles. The van der Waals surface area contributed by atoms with E-state index in [1.807, 2.05) is 13.8 Å². The molecule has 1 unspecified atom stereocenters. The summed E-state index contributed by atoms with van der Waals surface area (Å²) in [6.45, 7) is 8.75. The van der Waals surface area contributed by atoms with E-state index in [0.29, 0.717) is 5.92 Å². The van der Waals surface area contributed by atoms with Gasteiger partial charge in [-0.1, -0.05) is 12.2 Å². The Hall–Kier alpha value is -0.870. The van der Waals surface area contributed by atoms with Gasteiger partial charge in [-0.15, -0.1) is 0 Å². The maximum atomic E-state index is 12.4. The second-order valence-corrected chi connectivity index (χ2v) is 6.16. The minimum atomic E-state index is -0.396. The average molecular weight is 265 g/mol. The van der Waals surface area contributed by atoms with Gasteiger partial charge in [0, 0.05) is 32.7 Å². The van der Waals surface area contributed by atoms with Gasteiger partial charge >= 0.3 is 0 Å². The van der Waals surface area contributed by atoms with Crippen LogP contribution in [0.5, 0.6) is 0 Å². The summed E-state index contributed by atoms with van der Waals surface area (Å²) in [6, 6.07) is 0. The van der Waals surface area contributed by atoms with Gasteiger partial charge in [0.05, 0.1) is 5.54 Å². The normalized spacial score (nSPS) is 25.3. The summed E-state index contributed by atoms with van der Waals surface area (Å²) in [5.41, 5.74) is -0.396. The molecule has 2 aliphatic rings. The first-order chi connectivity index (χ1) is 9.10. The number of carbonyl (C=O) groups is 1. The Morgan fingerprint density at radius 1 is 1.37 bits per heavy atom. The lowest BCUT2D eigenvalue weighted by Crippen LogP contribution is -2.60. The molecule has 0 aromatic heterocycles. The Balaban J connectivity index is 1.81. The van der Waals surface area contributed by atoms with Crippen LogP contribution in [0.2, 0.25) is 0 Å². The molecule has 0 saturated carbocycles. The van der Waals surface area contributed by atoms with Crippen molar-refractivity contribution < 1.29 is 4.79 Å². The molecule has 0 bridgehead atoms. The second-order valence-electron chi connectivity index (χ2n) is 6.16. The van der Waals surface area contributed by atoms with E-state index in [2.05, 4.69) is 27.7 Å². The third-order valence-electron chi connectivity index (χ3n) is 4.39. The highest BCUT2D eigenvalue weighted by atomic mass is 16.2. The smallest absolute Gasteiger partial charge is 0.239 e. The van der Waals surface area contributed by atoms with Crippen molar-refractivity contribution in [1.29, 1.82) is 0 Å². The van der Waals surface area contributed by atoms with Crippen molar-refractivity contribution in [2.45, 2.75) is 38.6 Å². The molecule has 4 nitrogen and oxygen atoms in total. The number of nitrogens with one attached hydrogen (secondary N) is 2. The molecule has 0 radical (unpaired) electrons. The molecule has 108 valence electrons. The van der Waals surface area contributed by atoms with Gasteiger partial charge in [0.2, 0.25) is 5.91 Å². The predicted octanol–water partition coefficient (Wildman–Crippen LogP) is 1.14. The van der Waals surface area contributed by atoms with Crippen molar-refractivity contribution in [1.82, 2.24) is 15.5 Å². The summed E-state index contributed by atoms with van der Waals surface area (Å²) >= 11 is 0. The average Bonchev–Trinajstić information content (AvgIpc) is 2.46. The Bertz CT molecular complexity index is 332. The summed E-state index contributed by atoms with van der Waals surface area (Å²) in [6.07, 6.45) is 7.94. The number of carbonyl (C=O) groups excluding carboxylic acids is 1. The minimum absolute atomic E-state index is 0.170. The molecule has 1 fully saturated rings. The molecular weight excluding hydrogens is 238 g/mol. The standard InChI is InChI=1S/C15H27N3O/c1-15(2,18-10-8-16-9-11-18)14(19)17-12-13-6-4-3-5-7-13/h3-4,13,16H,5-12H2,1-2H3,(H,17,19). The van der Waals surface area contributed by atoms with E-state index in [9.17, 15) is 4.79 Å². The zero-order valence-electron chi connectivity index (χ0n) is 12.2. The van der Waals surface area contributed by atoms with Gasteiger partial charge < -0.3 is 10.6 Å². The molecule has 1 amide bonds. The Morgan fingerprint density at radius 2 is 2.11 bits per heavy atom. The van der Waals surface area contributed by atoms with E-state index in [-0.39, 0.29) is 5.91 Å². The van der Waals surface area contributed by atoms with Gasteiger partial charge in [-0.05, 0) is 39.0 Å². The van der Waals surface area contributed by atoms with Crippen LogP contribution in [0.4, 0.5) is 0 Å².